The number of aromatic nitrogens is 6. The molecule has 4 aromatic rings. The number of fused-ring (bicyclic) bond motifs is 2. The minimum Gasteiger partial charge on any atom is -0.366 e. The van der Waals surface area contributed by atoms with Gasteiger partial charge in [-0.25, -0.2) is 18.4 Å². The number of nitrogens with zero attached hydrogens (tertiary/aromatic N) is 6. The van der Waals surface area contributed by atoms with E-state index in [1.807, 2.05) is 57.2 Å². The SMILES string of the molecule is Cn1cc(-c2cccc(-c3ncc(-c4cnn(C)c4)c(NC4C5CCCC4CC(CS(C)(=O)=O)C5)n3)c2)cn1. The Morgan fingerprint density at radius 3 is 2.23 bits per heavy atom. The summed E-state index contributed by atoms with van der Waals surface area (Å²) in [7, 11) is 0.833. The second kappa shape index (κ2) is 10.2. The van der Waals surface area contributed by atoms with Crippen LogP contribution in [0.25, 0.3) is 33.6 Å². The highest BCUT2D eigenvalue weighted by atomic mass is 32.2. The van der Waals surface area contributed by atoms with E-state index in [1.54, 1.807) is 9.36 Å². The molecule has 2 atom stereocenters. The highest BCUT2D eigenvalue weighted by molar-refractivity contribution is 7.90. The summed E-state index contributed by atoms with van der Waals surface area (Å²) in [4.78, 5) is 9.87. The number of rotatable bonds is 7. The standard InChI is InChI=1S/C29H35N7O2S/c1-35-16-24(13-31-35)20-6-4-9-23(12-20)28-30-15-26(25-14-32-36(2)17-25)29(34-28)33-27-21-7-5-8-22(27)11-19(10-21)18-39(3,37)38/h4,6,9,12-17,19,21-22,27H,5,7-8,10-11,18H2,1-3H3,(H,30,33,34). The van der Waals surface area contributed by atoms with E-state index in [4.69, 9.17) is 9.97 Å². The van der Waals surface area contributed by atoms with Crippen molar-refractivity contribution in [1.29, 1.82) is 0 Å². The van der Waals surface area contributed by atoms with E-state index in [1.165, 1.54) is 12.7 Å². The third kappa shape index (κ3) is 5.61. The molecule has 1 N–H and O–H groups in total. The molecule has 3 aromatic heterocycles. The predicted molar refractivity (Wildman–Crippen MR) is 153 cm³/mol. The van der Waals surface area contributed by atoms with Gasteiger partial charge in [0.1, 0.15) is 15.7 Å². The van der Waals surface area contributed by atoms with Gasteiger partial charge in [-0.15, -0.1) is 0 Å². The van der Waals surface area contributed by atoms with E-state index in [9.17, 15) is 8.42 Å². The monoisotopic (exact) mass is 545 g/mol. The molecule has 0 spiro atoms. The van der Waals surface area contributed by atoms with E-state index in [-0.39, 0.29) is 12.0 Å². The molecule has 2 bridgehead atoms. The molecule has 2 aliphatic rings. The Hall–Kier alpha value is -3.53. The molecule has 0 saturated heterocycles. The van der Waals surface area contributed by atoms with Crippen LogP contribution in [0.1, 0.15) is 32.1 Å². The van der Waals surface area contributed by atoms with Crippen molar-refractivity contribution in [2.24, 2.45) is 31.8 Å². The molecule has 0 amide bonds. The summed E-state index contributed by atoms with van der Waals surface area (Å²) in [5, 5.41) is 12.5. The molecular formula is C29H35N7O2S. The summed E-state index contributed by atoms with van der Waals surface area (Å²) in [6.07, 6.45) is 16.2. The lowest BCUT2D eigenvalue weighted by Gasteiger charge is -2.46. The van der Waals surface area contributed by atoms with Gasteiger partial charge in [-0.3, -0.25) is 9.36 Å². The zero-order chi connectivity index (χ0) is 27.1. The first-order valence-corrected chi connectivity index (χ1v) is 15.7. The van der Waals surface area contributed by atoms with Gasteiger partial charge in [-0.1, -0.05) is 24.6 Å². The van der Waals surface area contributed by atoms with Gasteiger partial charge in [0, 0.05) is 67.2 Å². The van der Waals surface area contributed by atoms with Crippen LogP contribution in [0.3, 0.4) is 0 Å². The van der Waals surface area contributed by atoms with Crippen molar-refractivity contribution in [2.45, 2.75) is 38.1 Å². The van der Waals surface area contributed by atoms with Crippen molar-refractivity contribution in [2.75, 3.05) is 17.3 Å². The lowest BCUT2D eigenvalue weighted by Crippen LogP contribution is -2.46. The van der Waals surface area contributed by atoms with Crippen LogP contribution in [0.2, 0.25) is 0 Å². The van der Waals surface area contributed by atoms with E-state index in [2.05, 4.69) is 27.6 Å². The van der Waals surface area contributed by atoms with Crippen LogP contribution in [0.15, 0.2) is 55.2 Å². The molecule has 3 heterocycles. The Labute approximate surface area is 229 Å². The molecule has 2 fully saturated rings. The minimum absolute atomic E-state index is 0.238. The first kappa shape index (κ1) is 25.7. The van der Waals surface area contributed by atoms with Crippen LogP contribution in [-0.4, -0.2) is 56.0 Å². The van der Waals surface area contributed by atoms with Gasteiger partial charge in [0.2, 0.25) is 0 Å². The topological polar surface area (TPSA) is 108 Å². The van der Waals surface area contributed by atoms with Gasteiger partial charge < -0.3 is 5.32 Å². The van der Waals surface area contributed by atoms with E-state index in [0.717, 1.165) is 59.3 Å². The smallest absolute Gasteiger partial charge is 0.161 e. The van der Waals surface area contributed by atoms with Gasteiger partial charge in [-0.05, 0) is 55.1 Å². The van der Waals surface area contributed by atoms with Crippen molar-refractivity contribution >= 4 is 15.7 Å². The second-order valence-corrected chi connectivity index (χ2v) is 13.6. The summed E-state index contributed by atoms with van der Waals surface area (Å²) in [5.74, 6) is 2.85. The fourth-order valence-electron chi connectivity index (χ4n) is 6.64. The number of hydrogen-bond acceptors (Lipinski definition) is 7. The van der Waals surface area contributed by atoms with E-state index in [0.29, 0.717) is 23.4 Å². The van der Waals surface area contributed by atoms with Gasteiger partial charge in [-0.2, -0.15) is 10.2 Å². The Morgan fingerprint density at radius 1 is 0.923 bits per heavy atom. The number of anilines is 1. The summed E-state index contributed by atoms with van der Waals surface area (Å²) >= 11 is 0. The van der Waals surface area contributed by atoms with Gasteiger partial charge in [0.25, 0.3) is 0 Å². The lowest BCUT2D eigenvalue weighted by atomic mass is 9.65. The van der Waals surface area contributed by atoms with Crippen molar-refractivity contribution in [1.82, 2.24) is 29.5 Å². The Kier molecular flexibility index (Phi) is 6.74. The van der Waals surface area contributed by atoms with Crippen LogP contribution in [0.5, 0.6) is 0 Å². The summed E-state index contributed by atoms with van der Waals surface area (Å²) < 4.78 is 27.7. The average Bonchev–Trinajstić information content (AvgIpc) is 3.52. The minimum atomic E-state index is -2.99. The van der Waals surface area contributed by atoms with Crippen LogP contribution < -0.4 is 5.32 Å². The molecular weight excluding hydrogens is 510 g/mol. The van der Waals surface area contributed by atoms with Crippen molar-refractivity contribution in [3.05, 3.63) is 55.2 Å². The number of nitrogens with one attached hydrogen (secondary N) is 1. The van der Waals surface area contributed by atoms with Gasteiger partial charge in [0.15, 0.2) is 5.82 Å². The largest absolute Gasteiger partial charge is 0.366 e. The maximum absolute atomic E-state index is 12.0. The summed E-state index contributed by atoms with van der Waals surface area (Å²) in [5.41, 5.74) is 4.93. The number of aryl methyl sites for hydroxylation is 2. The number of hydrogen-bond donors (Lipinski definition) is 1. The maximum Gasteiger partial charge on any atom is 0.161 e. The van der Waals surface area contributed by atoms with Crippen molar-refractivity contribution < 1.29 is 8.42 Å². The van der Waals surface area contributed by atoms with Crippen LogP contribution in [0.4, 0.5) is 5.82 Å². The normalized spacial score (nSPS) is 23.1. The highest BCUT2D eigenvalue weighted by Gasteiger charge is 2.41. The molecule has 2 unspecified atom stereocenters. The molecule has 204 valence electrons. The Morgan fingerprint density at radius 2 is 1.59 bits per heavy atom. The molecule has 2 aliphatic carbocycles. The van der Waals surface area contributed by atoms with Crippen LogP contribution >= 0.6 is 0 Å². The molecule has 1 aromatic carbocycles. The van der Waals surface area contributed by atoms with Gasteiger partial charge >= 0.3 is 0 Å². The lowest BCUT2D eigenvalue weighted by molar-refractivity contribution is 0.127. The maximum atomic E-state index is 12.0. The molecule has 39 heavy (non-hydrogen) atoms. The molecule has 9 nitrogen and oxygen atoms in total. The quantitative estimate of drug-likeness (QED) is 0.362. The molecule has 0 radical (unpaired) electrons. The van der Waals surface area contributed by atoms with E-state index >= 15 is 0 Å². The molecule has 0 aliphatic heterocycles. The zero-order valence-electron chi connectivity index (χ0n) is 22.7. The number of sulfone groups is 1. The third-order valence-electron chi connectivity index (χ3n) is 8.24. The number of benzene rings is 1. The van der Waals surface area contributed by atoms with E-state index < -0.39 is 9.84 Å². The van der Waals surface area contributed by atoms with Crippen LogP contribution in [-0.2, 0) is 23.9 Å². The summed E-state index contributed by atoms with van der Waals surface area (Å²) in [6.45, 7) is 0. The molecule has 10 heteroatoms. The fraction of sp³-hybridized carbons (Fsp3) is 0.448. The Balaban J connectivity index is 1.34. The first-order chi connectivity index (χ1) is 18.7. The first-order valence-electron chi connectivity index (χ1n) is 13.6. The van der Waals surface area contributed by atoms with Gasteiger partial charge in [0.05, 0.1) is 18.1 Å². The molecule has 2 saturated carbocycles. The summed E-state index contributed by atoms with van der Waals surface area (Å²) in [6, 6.07) is 8.49. The second-order valence-electron chi connectivity index (χ2n) is 11.4. The third-order valence-corrected chi connectivity index (χ3v) is 9.32. The zero-order valence-corrected chi connectivity index (χ0v) is 23.5. The van der Waals surface area contributed by atoms with Crippen molar-refractivity contribution in [3.63, 3.8) is 0 Å². The molecule has 6 rings (SSSR count). The average molecular weight is 546 g/mol. The Bertz CT molecular complexity index is 1580. The highest BCUT2D eigenvalue weighted by Crippen LogP contribution is 2.45. The fourth-order valence-corrected chi connectivity index (χ4v) is 7.76. The van der Waals surface area contributed by atoms with Crippen molar-refractivity contribution in [3.8, 4) is 33.6 Å². The van der Waals surface area contributed by atoms with Crippen LogP contribution in [0, 0.1) is 17.8 Å². The predicted octanol–water partition coefficient (Wildman–Crippen LogP) is 4.60.